The van der Waals surface area contributed by atoms with Crippen LogP contribution in [0.25, 0.3) is 0 Å². The van der Waals surface area contributed by atoms with Gasteiger partial charge in [-0.1, -0.05) is 0 Å². The summed E-state index contributed by atoms with van der Waals surface area (Å²) in [4.78, 5) is 1.93. The van der Waals surface area contributed by atoms with E-state index in [-0.39, 0.29) is 0 Å². The minimum absolute atomic E-state index is 0.511. The lowest BCUT2D eigenvalue weighted by Crippen LogP contribution is -2.64. The first-order valence-corrected chi connectivity index (χ1v) is 5.61. The second-order valence-corrected chi connectivity index (χ2v) is 4.58. The molecular formula is C7H12ClNO4. The summed E-state index contributed by atoms with van der Waals surface area (Å²) in [6.07, 6.45) is 2.20. The van der Waals surface area contributed by atoms with Crippen LogP contribution in [-0.4, -0.2) is 24.2 Å². The fraction of sp³-hybridized carbons (Fsp3) is 1.00. The number of rotatable bonds is 2. The Balaban J connectivity index is 1.93. The zero-order valence-electron chi connectivity index (χ0n) is 7.15. The predicted molar refractivity (Wildman–Crippen MR) is 33.8 cm³/mol. The molecule has 2 bridgehead atoms. The maximum atomic E-state index is 10.3. The summed E-state index contributed by atoms with van der Waals surface area (Å²) in [5.74, 6) is 0.672. The molecule has 3 atom stereocenters. The molecule has 0 N–H and O–H groups in total. The summed E-state index contributed by atoms with van der Waals surface area (Å²) < 4.78 is 35.5. The van der Waals surface area contributed by atoms with Gasteiger partial charge in [0.2, 0.25) is 0 Å². The lowest BCUT2D eigenvalue weighted by Gasteiger charge is -2.28. The Kier molecular flexibility index (Phi) is 2.48. The van der Waals surface area contributed by atoms with Gasteiger partial charge in [0.15, 0.2) is 0 Å². The Bertz CT molecular complexity index is 195. The summed E-state index contributed by atoms with van der Waals surface area (Å²) >= 11 is 0. The highest BCUT2D eigenvalue weighted by molar-refractivity contribution is 4.82. The molecule has 5 nitrogen and oxygen atoms in total. The smallest absolute Gasteiger partial charge is 0.264 e. The maximum Gasteiger partial charge on any atom is 0.268 e. The van der Waals surface area contributed by atoms with E-state index in [2.05, 4.69) is 4.29 Å². The Morgan fingerprint density at radius 3 is 2.62 bits per heavy atom. The van der Waals surface area contributed by atoms with Gasteiger partial charge in [0.05, 0.1) is 14.5 Å². The molecule has 0 aromatic carbocycles. The van der Waals surface area contributed by atoms with Crippen LogP contribution in [0.3, 0.4) is 0 Å². The van der Waals surface area contributed by atoms with Crippen molar-refractivity contribution < 1.29 is 28.5 Å². The van der Waals surface area contributed by atoms with E-state index in [0.29, 0.717) is 12.3 Å². The Labute approximate surface area is 78.6 Å². The van der Waals surface area contributed by atoms with Crippen molar-refractivity contribution in [3.8, 4) is 0 Å². The zero-order valence-corrected chi connectivity index (χ0v) is 7.90. The monoisotopic (exact) mass is 209 g/mol. The van der Waals surface area contributed by atoms with Crippen molar-refractivity contribution in [2.24, 2.45) is 5.92 Å². The normalized spacial score (nSPS) is 39.5. The molecule has 2 aliphatic rings. The van der Waals surface area contributed by atoms with Crippen LogP contribution in [0.15, 0.2) is 0 Å². The molecule has 0 amide bonds. The standard InChI is InChI=1S/C7H12ClNO4/c10-8(11,12)13-7-2-1-6-3-4-9(7)5-6/h6-7H,1-5H2. The molecule has 0 aromatic heterocycles. The molecule has 2 rings (SSSR count). The fourth-order valence-electron chi connectivity index (χ4n) is 2.15. The van der Waals surface area contributed by atoms with Crippen LogP contribution in [0.2, 0.25) is 0 Å². The number of halogens is 1. The van der Waals surface area contributed by atoms with Crippen molar-refractivity contribution in [1.29, 1.82) is 0 Å². The van der Waals surface area contributed by atoms with Crippen LogP contribution in [-0.2, 0) is 4.29 Å². The van der Waals surface area contributed by atoms with Gasteiger partial charge in [-0.15, -0.1) is 0 Å². The molecule has 3 unspecified atom stereocenters. The van der Waals surface area contributed by atoms with Gasteiger partial charge in [0.25, 0.3) is 6.23 Å². The molecular weight excluding hydrogens is 198 g/mol. The predicted octanol–water partition coefficient (Wildman–Crippen LogP) is -2.66. The van der Waals surface area contributed by atoms with Crippen LogP contribution in [0.1, 0.15) is 19.3 Å². The molecule has 6 heteroatoms. The number of fused-ring (bicyclic) bond motifs is 2. The molecule has 2 heterocycles. The first-order chi connectivity index (χ1) is 6.04. The van der Waals surface area contributed by atoms with E-state index in [1.165, 1.54) is 0 Å². The Morgan fingerprint density at radius 1 is 1.15 bits per heavy atom. The van der Waals surface area contributed by atoms with Crippen LogP contribution in [0.5, 0.6) is 0 Å². The van der Waals surface area contributed by atoms with Gasteiger partial charge in [-0.3, -0.25) is 4.90 Å². The van der Waals surface area contributed by atoms with E-state index in [1.807, 2.05) is 4.90 Å². The third-order valence-corrected chi connectivity index (χ3v) is 3.18. The van der Waals surface area contributed by atoms with Gasteiger partial charge in [-0.05, 0) is 18.8 Å². The van der Waals surface area contributed by atoms with E-state index in [4.69, 9.17) is 0 Å². The molecule has 76 valence electrons. The van der Waals surface area contributed by atoms with E-state index >= 15 is 0 Å². The van der Waals surface area contributed by atoms with Crippen LogP contribution < -0.4 is 14.0 Å². The van der Waals surface area contributed by atoms with Gasteiger partial charge < -0.3 is 0 Å². The molecule has 0 saturated carbocycles. The van der Waals surface area contributed by atoms with Crippen LogP contribution in [0.4, 0.5) is 0 Å². The molecule has 0 aromatic rings. The first kappa shape index (κ1) is 9.64. The van der Waals surface area contributed by atoms with Crippen molar-refractivity contribution in [1.82, 2.24) is 4.90 Å². The number of nitrogens with zero attached hydrogens (tertiary/aromatic N) is 1. The van der Waals surface area contributed by atoms with Crippen LogP contribution >= 0.6 is 0 Å². The number of piperidine rings is 1. The SMILES string of the molecule is [O-][Cl+3]([O-])([O-])OC1CCC2CCN1C2. The maximum absolute atomic E-state index is 10.3. The zero-order chi connectivity index (χ0) is 9.47. The lowest BCUT2D eigenvalue weighted by atomic mass is 10.0. The quantitative estimate of drug-likeness (QED) is 0.496. The average molecular weight is 210 g/mol. The highest BCUT2D eigenvalue weighted by Gasteiger charge is 2.41. The van der Waals surface area contributed by atoms with Crippen molar-refractivity contribution >= 4 is 0 Å². The number of hydrogen-bond acceptors (Lipinski definition) is 5. The van der Waals surface area contributed by atoms with Gasteiger partial charge in [0.1, 0.15) is 0 Å². The summed E-state index contributed by atoms with van der Waals surface area (Å²) in [7, 11) is -4.27. The van der Waals surface area contributed by atoms with Crippen LogP contribution in [0, 0.1) is 16.2 Å². The second-order valence-electron chi connectivity index (χ2n) is 3.65. The molecule has 0 spiro atoms. The second kappa shape index (κ2) is 3.34. The van der Waals surface area contributed by atoms with Crippen molar-refractivity contribution in [2.75, 3.05) is 13.1 Å². The minimum atomic E-state index is -4.27. The molecule has 2 fully saturated rings. The Morgan fingerprint density at radius 2 is 1.92 bits per heavy atom. The molecule has 2 saturated heterocycles. The van der Waals surface area contributed by atoms with Gasteiger partial charge in [0, 0.05) is 19.5 Å². The van der Waals surface area contributed by atoms with Crippen molar-refractivity contribution in [2.45, 2.75) is 25.5 Å². The Hall–Kier alpha value is 0.0900. The largest absolute Gasteiger partial charge is 0.268 e. The highest BCUT2D eigenvalue weighted by atomic mass is 35.7. The highest BCUT2D eigenvalue weighted by Crippen LogP contribution is 2.31. The van der Waals surface area contributed by atoms with E-state index in [1.54, 1.807) is 0 Å². The van der Waals surface area contributed by atoms with Crippen molar-refractivity contribution in [3.05, 3.63) is 0 Å². The van der Waals surface area contributed by atoms with Gasteiger partial charge in [-0.25, -0.2) is 0 Å². The number of hydrogen-bond donors (Lipinski definition) is 0. The molecule has 2 aliphatic heterocycles. The molecule has 0 radical (unpaired) electrons. The van der Waals surface area contributed by atoms with E-state index < -0.39 is 16.5 Å². The van der Waals surface area contributed by atoms with E-state index in [0.717, 1.165) is 25.9 Å². The summed E-state index contributed by atoms with van der Waals surface area (Å²) in [5.41, 5.74) is 0. The topological polar surface area (TPSA) is 81.6 Å². The minimum Gasteiger partial charge on any atom is -0.264 e. The molecule has 0 aliphatic carbocycles. The molecule has 13 heavy (non-hydrogen) atoms. The summed E-state index contributed by atoms with van der Waals surface area (Å²) in [6.45, 7) is 1.72. The third kappa shape index (κ3) is 2.31. The average Bonchev–Trinajstić information content (AvgIpc) is 2.37. The van der Waals surface area contributed by atoms with Crippen molar-refractivity contribution in [3.63, 3.8) is 0 Å². The lowest BCUT2D eigenvalue weighted by molar-refractivity contribution is -1.92. The fourth-order valence-corrected chi connectivity index (χ4v) is 2.60. The van der Waals surface area contributed by atoms with Gasteiger partial charge >= 0.3 is 0 Å². The first-order valence-electron chi connectivity index (χ1n) is 4.38. The summed E-state index contributed by atoms with van der Waals surface area (Å²) in [6, 6.07) is 0. The van der Waals surface area contributed by atoms with E-state index in [9.17, 15) is 14.0 Å². The van der Waals surface area contributed by atoms with Gasteiger partial charge in [-0.2, -0.15) is 14.0 Å². The third-order valence-electron chi connectivity index (χ3n) is 2.76. The summed E-state index contributed by atoms with van der Waals surface area (Å²) in [5, 5.41) is 0.